The minimum Gasteiger partial charge on any atom is -0.342 e. The molecule has 0 atom stereocenters. The van der Waals surface area contributed by atoms with E-state index in [-0.39, 0.29) is 5.57 Å². The van der Waals surface area contributed by atoms with Crippen molar-refractivity contribution in [1.82, 2.24) is 4.57 Å². The first-order chi connectivity index (χ1) is 15.5. The van der Waals surface area contributed by atoms with Crippen LogP contribution >= 0.6 is 34.8 Å². The Bertz CT molecular complexity index is 1400. The van der Waals surface area contributed by atoms with E-state index in [4.69, 9.17) is 34.8 Å². The second-order valence-corrected chi connectivity index (χ2v) is 8.32. The zero-order valence-corrected chi connectivity index (χ0v) is 18.9. The van der Waals surface area contributed by atoms with Gasteiger partial charge in [-0.2, -0.15) is 5.26 Å². The Labute approximate surface area is 200 Å². The predicted octanol–water partition coefficient (Wildman–Crippen LogP) is 7.20. The highest BCUT2D eigenvalue weighted by Crippen LogP contribution is 2.28. The number of hydrogen-bond acceptors (Lipinski definition) is 2. The van der Waals surface area contributed by atoms with Crippen LogP contribution in [0.1, 0.15) is 11.1 Å². The molecule has 0 radical (unpaired) electrons. The Kier molecular flexibility index (Phi) is 6.53. The largest absolute Gasteiger partial charge is 0.342 e. The van der Waals surface area contributed by atoms with Crippen molar-refractivity contribution in [2.45, 2.75) is 6.54 Å². The summed E-state index contributed by atoms with van der Waals surface area (Å²) >= 11 is 18.5. The number of carbonyl (C=O) groups excluding carboxylic acids is 1. The molecule has 32 heavy (non-hydrogen) atoms. The first-order valence-corrected chi connectivity index (χ1v) is 10.8. The lowest BCUT2D eigenvalue weighted by atomic mass is 10.1. The van der Waals surface area contributed by atoms with E-state index in [2.05, 4.69) is 5.32 Å². The second-order valence-electron chi connectivity index (χ2n) is 7.07. The molecule has 1 N–H and O–H groups in total. The van der Waals surface area contributed by atoms with Crippen LogP contribution in [0.2, 0.25) is 15.1 Å². The number of halogens is 3. The molecule has 3 aromatic carbocycles. The summed E-state index contributed by atoms with van der Waals surface area (Å²) in [5.74, 6) is -0.529. The highest BCUT2D eigenvalue weighted by Gasteiger charge is 2.14. The minimum atomic E-state index is -0.529. The second kappa shape index (κ2) is 9.50. The van der Waals surface area contributed by atoms with Gasteiger partial charge in [0.1, 0.15) is 11.6 Å². The van der Waals surface area contributed by atoms with Gasteiger partial charge in [-0.3, -0.25) is 4.79 Å². The number of nitrogens with zero attached hydrogens (tertiary/aromatic N) is 2. The van der Waals surface area contributed by atoms with Crippen molar-refractivity contribution in [2.24, 2.45) is 0 Å². The van der Waals surface area contributed by atoms with E-state index >= 15 is 0 Å². The number of nitriles is 1. The molecule has 4 nitrogen and oxygen atoms in total. The monoisotopic (exact) mass is 479 g/mol. The third-order valence-electron chi connectivity index (χ3n) is 4.96. The van der Waals surface area contributed by atoms with E-state index in [1.807, 2.05) is 47.2 Å². The van der Waals surface area contributed by atoms with Gasteiger partial charge < -0.3 is 9.88 Å². The smallest absolute Gasteiger partial charge is 0.266 e. The first kappa shape index (κ1) is 22.0. The Balaban J connectivity index is 1.70. The van der Waals surface area contributed by atoms with Crippen LogP contribution in [-0.4, -0.2) is 10.5 Å². The molecule has 1 aromatic heterocycles. The highest BCUT2D eigenvalue weighted by atomic mass is 35.5. The van der Waals surface area contributed by atoms with Gasteiger partial charge in [0.15, 0.2) is 0 Å². The van der Waals surface area contributed by atoms with Gasteiger partial charge in [0.2, 0.25) is 0 Å². The molecule has 1 heterocycles. The van der Waals surface area contributed by atoms with E-state index in [1.54, 1.807) is 42.5 Å². The van der Waals surface area contributed by atoms with Gasteiger partial charge in [-0.25, -0.2) is 0 Å². The molecule has 158 valence electrons. The van der Waals surface area contributed by atoms with Crippen LogP contribution in [0.3, 0.4) is 0 Å². The number of para-hydroxylation sites is 2. The summed E-state index contributed by atoms with van der Waals surface area (Å²) in [6.07, 6.45) is 3.48. The lowest BCUT2D eigenvalue weighted by molar-refractivity contribution is -0.112. The van der Waals surface area contributed by atoms with Crippen molar-refractivity contribution in [3.05, 3.63) is 105 Å². The molecule has 0 aliphatic rings. The molecule has 0 aliphatic heterocycles. The van der Waals surface area contributed by atoms with Crippen molar-refractivity contribution >= 4 is 63.4 Å². The number of amides is 1. The maximum atomic E-state index is 12.7. The van der Waals surface area contributed by atoms with Gasteiger partial charge in [-0.15, -0.1) is 0 Å². The molecule has 4 aromatic rings. The lowest BCUT2D eigenvalue weighted by Crippen LogP contribution is -2.13. The third kappa shape index (κ3) is 4.66. The van der Waals surface area contributed by atoms with Crippen LogP contribution < -0.4 is 5.32 Å². The topological polar surface area (TPSA) is 57.8 Å². The quantitative estimate of drug-likeness (QED) is 0.243. The molecular formula is C25H16Cl3N3O. The Morgan fingerprint density at radius 2 is 1.75 bits per heavy atom. The normalized spacial score (nSPS) is 11.4. The Morgan fingerprint density at radius 3 is 2.50 bits per heavy atom. The zero-order chi connectivity index (χ0) is 22.7. The van der Waals surface area contributed by atoms with E-state index in [9.17, 15) is 10.1 Å². The summed E-state index contributed by atoms with van der Waals surface area (Å²) < 4.78 is 2.03. The molecule has 7 heteroatoms. The van der Waals surface area contributed by atoms with Gasteiger partial charge in [0.25, 0.3) is 5.91 Å². The maximum Gasteiger partial charge on any atom is 0.266 e. The van der Waals surface area contributed by atoms with Crippen molar-refractivity contribution < 1.29 is 4.79 Å². The lowest BCUT2D eigenvalue weighted by Gasteiger charge is -2.08. The number of benzene rings is 3. The molecule has 4 rings (SSSR count). The van der Waals surface area contributed by atoms with Crippen LogP contribution in [0.15, 0.2) is 78.5 Å². The number of fused-ring (bicyclic) bond motifs is 1. The van der Waals surface area contributed by atoms with E-state index < -0.39 is 5.91 Å². The number of aromatic nitrogens is 1. The molecule has 0 saturated heterocycles. The van der Waals surface area contributed by atoms with Crippen LogP contribution in [-0.2, 0) is 11.3 Å². The average molecular weight is 481 g/mol. The minimum absolute atomic E-state index is 0.0302. The van der Waals surface area contributed by atoms with Crippen molar-refractivity contribution in [2.75, 3.05) is 5.32 Å². The van der Waals surface area contributed by atoms with Gasteiger partial charge in [-0.05, 0) is 42.0 Å². The molecule has 0 aliphatic carbocycles. The molecule has 1 amide bonds. The van der Waals surface area contributed by atoms with Gasteiger partial charge in [-0.1, -0.05) is 71.2 Å². The molecule has 0 bridgehead atoms. The number of hydrogen-bond donors (Lipinski definition) is 1. The summed E-state index contributed by atoms with van der Waals surface area (Å²) in [7, 11) is 0. The van der Waals surface area contributed by atoms with Gasteiger partial charge in [0, 0.05) is 39.3 Å². The molecule has 0 unspecified atom stereocenters. The summed E-state index contributed by atoms with van der Waals surface area (Å²) in [4.78, 5) is 12.7. The zero-order valence-electron chi connectivity index (χ0n) is 16.6. The summed E-state index contributed by atoms with van der Waals surface area (Å²) in [6, 6.07) is 22.0. The fourth-order valence-electron chi connectivity index (χ4n) is 3.41. The summed E-state index contributed by atoms with van der Waals surface area (Å²) in [6.45, 7) is 0.512. The van der Waals surface area contributed by atoms with Gasteiger partial charge >= 0.3 is 0 Å². The van der Waals surface area contributed by atoms with Crippen LogP contribution in [0.4, 0.5) is 5.69 Å². The van der Waals surface area contributed by atoms with Crippen molar-refractivity contribution in [1.29, 1.82) is 5.26 Å². The summed E-state index contributed by atoms with van der Waals surface area (Å²) in [5, 5.41) is 14.8. The Hall–Kier alpha value is -3.23. The van der Waals surface area contributed by atoms with Crippen LogP contribution in [0.5, 0.6) is 0 Å². The van der Waals surface area contributed by atoms with Gasteiger partial charge in [0.05, 0.1) is 10.7 Å². The fourth-order valence-corrected chi connectivity index (χ4v) is 4.06. The third-order valence-corrected chi connectivity index (χ3v) is 5.88. The van der Waals surface area contributed by atoms with E-state index in [1.165, 1.54) is 0 Å². The SMILES string of the molecule is N#C/C(=C\c1cn(Cc2ccc(Cl)cc2Cl)c2ccccc12)C(=O)Nc1ccccc1Cl. The van der Waals surface area contributed by atoms with E-state index in [0.29, 0.717) is 27.3 Å². The number of anilines is 1. The number of rotatable bonds is 5. The molecule has 0 spiro atoms. The molecular weight excluding hydrogens is 465 g/mol. The fraction of sp³-hybridized carbons (Fsp3) is 0.0400. The van der Waals surface area contributed by atoms with E-state index in [0.717, 1.165) is 22.0 Å². The van der Waals surface area contributed by atoms with Crippen molar-refractivity contribution in [3.8, 4) is 6.07 Å². The average Bonchev–Trinajstić information content (AvgIpc) is 3.13. The first-order valence-electron chi connectivity index (χ1n) is 9.66. The summed E-state index contributed by atoms with van der Waals surface area (Å²) in [5.41, 5.74) is 3.02. The standard InChI is InChI=1S/C25H16Cl3N3O/c26-19-10-9-16(22(28)12-19)14-31-15-18(20-5-1-4-8-24(20)31)11-17(13-29)25(32)30-23-7-3-2-6-21(23)27/h1-12,15H,14H2,(H,30,32)/b17-11+. The maximum absolute atomic E-state index is 12.7. The molecule has 0 saturated carbocycles. The van der Waals surface area contributed by atoms with Crippen LogP contribution in [0, 0.1) is 11.3 Å². The predicted molar refractivity (Wildman–Crippen MR) is 131 cm³/mol. The number of carbonyl (C=O) groups is 1. The Morgan fingerprint density at radius 1 is 1.00 bits per heavy atom. The molecule has 0 fully saturated rings. The van der Waals surface area contributed by atoms with Crippen LogP contribution in [0.25, 0.3) is 17.0 Å². The van der Waals surface area contributed by atoms with Crippen molar-refractivity contribution in [3.63, 3.8) is 0 Å². The number of nitrogens with one attached hydrogen (secondary N) is 1. The highest BCUT2D eigenvalue weighted by molar-refractivity contribution is 6.35.